The second-order valence-corrected chi connectivity index (χ2v) is 3.86. The summed E-state index contributed by atoms with van der Waals surface area (Å²) in [6.45, 7) is 0. The molecule has 0 aromatic heterocycles. The molecule has 0 saturated carbocycles. The van der Waals surface area contributed by atoms with Crippen molar-refractivity contribution in [2.75, 3.05) is 10.6 Å². The molecule has 22 heavy (non-hydrogen) atoms. The standard InChI is InChI=1S/C14H12N2O6/c17-11(5-7-13(19)20)15-9-1-2-10(4-3-9)16-12(18)6-8-14(21)22/h1-8H,(H,15,17)(H,16,18)(H,19,20)(H,21,22)/p-2/b7-5-,8-6?. The zero-order valence-electron chi connectivity index (χ0n) is 11.1. The maximum absolute atomic E-state index is 11.3. The van der Waals surface area contributed by atoms with E-state index in [1.54, 1.807) is 0 Å². The van der Waals surface area contributed by atoms with Crippen LogP contribution in [0, 0.1) is 0 Å². The molecule has 8 nitrogen and oxygen atoms in total. The number of hydrogen-bond donors (Lipinski definition) is 2. The number of carbonyl (C=O) groups excluding carboxylic acids is 4. The summed E-state index contributed by atoms with van der Waals surface area (Å²) in [5.74, 6) is -4.29. The van der Waals surface area contributed by atoms with Gasteiger partial charge in [-0.25, -0.2) is 0 Å². The minimum atomic E-state index is -1.49. The van der Waals surface area contributed by atoms with Crippen molar-refractivity contribution in [3.05, 3.63) is 48.6 Å². The van der Waals surface area contributed by atoms with Crippen molar-refractivity contribution >= 4 is 35.1 Å². The first-order chi connectivity index (χ1) is 10.4. The van der Waals surface area contributed by atoms with E-state index in [4.69, 9.17) is 0 Å². The fourth-order valence-corrected chi connectivity index (χ4v) is 1.29. The van der Waals surface area contributed by atoms with Gasteiger partial charge in [-0.05, 0) is 36.4 Å². The highest BCUT2D eigenvalue weighted by molar-refractivity contribution is 6.03. The van der Waals surface area contributed by atoms with Gasteiger partial charge in [0.25, 0.3) is 0 Å². The molecule has 8 heteroatoms. The molecule has 0 heterocycles. The van der Waals surface area contributed by atoms with Gasteiger partial charge in [0.1, 0.15) is 0 Å². The quantitative estimate of drug-likeness (QED) is 0.593. The summed E-state index contributed by atoms with van der Waals surface area (Å²) in [5, 5.41) is 25.0. The van der Waals surface area contributed by atoms with Gasteiger partial charge in [-0.15, -0.1) is 0 Å². The number of benzene rings is 1. The molecule has 0 aliphatic rings. The first kappa shape index (κ1) is 16.6. The minimum Gasteiger partial charge on any atom is -0.545 e. The molecule has 0 fully saturated rings. The van der Waals surface area contributed by atoms with E-state index in [2.05, 4.69) is 10.6 Å². The summed E-state index contributed by atoms with van der Waals surface area (Å²) in [4.78, 5) is 42.9. The molecule has 0 spiro atoms. The SMILES string of the molecule is O=C([O-])C=CC(=O)Nc1ccc(NC(=O)/C=C\C(=O)[O-])cc1. The molecule has 0 aliphatic heterocycles. The number of hydrogen-bond acceptors (Lipinski definition) is 6. The number of carbonyl (C=O) groups is 4. The van der Waals surface area contributed by atoms with E-state index in [0.29, 0.717) is 23.5 Å². The van der Waals surface area contributed by atoms with Gasteiger partial charge in [0.2, 0.25) is 11.8 Å². The largest absolute Gasteiger partial charge is 0.545 e. The van der Waals surface area contributed by atoms with Crippen LogP contribution in [0.1, 0.15) is 0 Å². The second-order valence-electron chi connectivity index (χ2n) is 3.86. The molecule has 0 saturated heterocycles. The summed E-state index contributed by atoms with van der Waals surface area (Å²) < 4.78 is 0. The van der Waals surface area contributed by atoms with E-state index in [1.165, 1.54) is 24.3 Å². The molecular formula is C14H10N2O6-2. The highest BCUT2D eigenvalue weighted by atomic mass is 16.4. The Morgan fingerprint density at radius 2 is 1.00 bits per heavy atom. The Bertz CT molecular complexity index is 589. The van der Waals surface area contributed by atoms with E-state index >= 15 is 0 Å². The van der Waals surface area contributed by atoms with Crippen LogP contribution in [0.2, 0.25) is 0 Å². The van der Waals surface area contributed by atoms with Gasteiger partial charge in [-0.1, -0.05) is 0 Å². The lowest BCUT2D eigenvalue weighted by molar-refractivity contribution is -0.298. The van der Waals surface area contributed by atoms with Gasteiger partial charge in [-0.2, -0.15) is 0 Å². The molecule has 0 radical (unpaired) electrons. The Balaban J connectivity index is 2.59. The zero-order valence-corrected chi connectivity index (χ0v) is 11.1. The lowest BCUT2D eigenvalue weighted by atomic mass is 10.2. The number of amides is 2. The topological polar surface area (TPSA) is 138 Å². The van der Waals surface area contributed by atoms with E-state index < -0.39 is 23.8 Å². The van der Waals surface area contributed by atoms with Crippen LogP contribution in [0.3, 0.4) is 0 Å². The smallest absolute Gasteiger partial charge is 0.248 e. The van der Waals surface area contributed by atoms with Crippen LogP contribution < -0.4 is 20.8 Å². The van der Waals surface area contributed by atoms with E-state index in [9.17, 15) is 29.4 Å². The van der Waals surface area contributed by atoms with Crippen molar-refractivity contribution in [3.8, 4) is 0 Å². The van der Waals surface area contributed by atoms with Crippen molar-refractivity contribution in [2.45, 2.75) is 0 Å². The van der Waals surface area contributed by atoms with Crippen LogP contribution in [-0.2, 0) is 19.2 Å². The highest BCUT2D eigenvalue weighted by Gasteiger charge is 2.00. The minimum absolute atomic E-state index is 0.372. The number of anilines is 2. The average molecular weight is 302 g/mol. The summed E-state index contributed by atoms with van der Waals surface area (Å²) in [6.07, 6.45) is 2.78. The molecule has 2 amide bonds. The number of carboxylic acids is 2. The maximum atomic E-state index is 11.3. The summed E-state index contributed by atoms with van der Waals surface area (Å²) in [5.41, 5.74) is 0.743. The Kier molecular flexibility index (Phi) is 6.05. The van der Waals surface area contributed by atoms with Gasteiger partial charge in [0, 0.05) is 23.5 Å². The lowest BCUT2D eigenvalue weighted by Crippen LogP contribution is -2.20. The van der Waals surface area contributed by atoms with Crippen molar-refractivity contribution < 1.29 is 29.4 Å². The van der Waals surface area contributed by atoms with Crippen LogP contribution in [0.25, 0.3) is 0 Å². The highest BCUT2D eigenvalue weighted by Crippen LogP contribution is 2.13. The predicted octanol–water partition coefficient (Wildman–Crippen LogP) is -1.82. The normalized spacial score (nSPS) is 10.5. The summed E-state index contributed by atoms with van der Waals surface area (Å²) in [7, 11) is 0. The van der Waals surface area contributed by atoms with Crippen LogP contribution in [0.4, 0.5) is 11.4 Å². The van der Waals surface area contributed by atoms with Crippen molar-refractivity contribution in [2.24, 2.45) is 0 Å². The molecule has 0 unspecified atom stereocenters. The molecule has 1 rings (SSSR count). The monoisotopic (exact) mass is 302 g/mol. The number of nitrogens with one attached hydrogen (secondary N) is 2. The van der Waals surface area contributed by atoms with Crippen LogP contribution in [0.5, 0.6) is 0 Å². The molecule has 114 valence electrons. The maximum Gasteiger partial charge on any atom is 0.248 e. The number of aliphatic carboxylic acids is 2. The Morgan fingerprint density at radius 3 is 1.27 bits per heavy atom. The first-order valence-corrected chi connectivity index (χ1v) is 5.87. The third kappa shape index (κ3) is 6.66. The van der Waals surface area contributed by atoms with Gasteiger partial charge < -0.3 is 30.4 Å². The third-order valence-electron chi connectivity index (χ3n) is 2.16. The molecule has 2 N–H and O–H groups in total. The third-order valence-corrected chi connectivity index (χ3v) is 2.16. The zero-order chi connectivity index (χ0) is 16.5. The average Bonchev–Trinajstić information content (AvgIpc) is 2.45. The summed E-state index contributed by atoms with van der Waals surface area (Å²) in [6, 6.07) is 5.84. The molecule has 1 aromatic rings. The van der Waals surface area contributed by atoms with Gasteiger partial charge in [0.05, 0.1) is 11.9 Å². The van der Waals surface area contributed by atoms with Crippen LogP contribution in [-0.4, -0.2) is 23.8 Å². The van der Waals surface area contributed by atoms with Crippen LogP contribution >= 0.6 is 0 Å². The Morgan fingerprint density at radius 1 is 0.682 bits per heavy atom. The number of carboxylic acid groups (broad SMARTS) is 2. The molecule has 1 aromatic carbocycles. The Hall–Kier alpha value is -3.42. The molecule has 0 atom stereocenters. The lowest BCUT2D eigenvalue weighted by Gasteiger charge is -2.05. The number of rotatable bonds is 6. The predicted molar refractivity (Wildman–Crippen MR) is 72.0 cm³/mol. The first-order valence-electron chi connectivity index (χ1n) is 5.87. The van der Waals surface area contributed by atoms with Gasteiger partial charge >= 0.3 is 0 Å². The van der Waals surface area contributed by atoms with E-state index in [0.717, 1.165) is 12.2 Å². The molecule has 0 aliphatic carbocycles. The fraction of sp³-hybridized carbons (Fsp3) is 0. The molecular weight excluding hydrogens is 292 g/mol. The Labute approximate surface area is 124 Å². The van der Waals surface area contributed by atoms with E-state index in [-0.39, 0.29) is 0 Å². The van der Waals surface area contributed by atoms with Gasteiger partial charge in [0.15, 0.2) is 0 Å². The van der Waals surface area contributed by atoms with E-state index in [1.807, 2.05) is 0 Å². The summed E-state index contributed by atoms with van der Waals surface area (Å²) >= 11 is 0. The van der Waals surface area contributed by atoms with Gasteiger partial charge in [-0.3, -0.25) is 9.59 Å². The van der Waals surface area contributed by atoms with Crippen molar-refractivity contribution in [3.63, 3.8) is 0 Å². The van der Waals surface area contributed by atoms with Crippen molar-refractivity contribution in [1.82, 2.24) is 0 Å². The van der Waals surface area contributed by atoms with Crippen molar-refractivity contribution in [1.29, 1.82) is 0 Å². The fourth-order valence-electron chi connectivity index (χ4n) is 1.29. The second kappa shape index (κ2) is 8.00. The molecule has 0 bridgehead atoms. The van der Waals surface area contributed by atoms with Crippen LogP contribution in [0.15, 0.2) is 48.6 Å².